The third-order valence-electron chi connectivity index (χ3n) is 8.75. The van der Waals surface area contributed by atoms with E-state index in [2.05, 4.69) is 168 Å². The van der Waals surface area contributed by atoms with Gasteiger partial charge in [-0.1, -0.05) is 140 Å². The van der Waals surface area contributed by atoms with Crippen molar-refractivity contribution in [1.29, 1.82) is 0 Å². The van der Waals surface area contributed by atoms with Gasteiger partial charge in [0.25, 0.3) is 0 Å². The minimum atomic E-state index is 0.734. The molecule has 0 saturated carbocycles. The van der Waals surface area contributed by atoms with Crippen LogP contribution in [-0.4, -0.2) is 6.72 Å². The smallest absolute Gasteiger partial charge is 0.0937 e. The first-order valence-electron chi connectivity index (χ1n) is 15.0. The highest BCUT2D eigenvalue weighted by Gasteiger charge is 2.28. The maximum atomic E-state index is 4.66. The number of hydrogen-bond acceptors (Lipinski definition) is 2. The van der Waals surface area contributed by atoms with Crippen molar-refractivity contribution < 1.29 is 0 Å². The van der Waals surface area contributed by atoms with Gasteiger partial charge in [0.05, 0.1) is 11.4 Å². The summed E-state index contributed by atoms with van der Waals surface area (Å²) in [5.74, 6) is 0. The van der Waals surface area contributed by atoms with Gasteiger partial charge in [0.1, 0.15) is 0 Å². The molecule has 1 aliphatic heterocycles. The van der Waals surface area contributed by atoms with E-state index in [1.54, 1.807) is 0 Å². The zero-order valence-electron chi connectivity index (χ0n) is 24.3. The SMILES string of the molecule is C=N/C(=C(/c1ccccc1)N1Cc2ccccc2-c2cc(-c3cc4ccccc4c4ccccc34)ccc21)c1ccccc1. The van der Waals surface area contributed by atoms with Crippen molar-refractivity contribution in [2.45, 2.75) is 6.54 Å². The van der Waals surface area contributed by atoms with E-state index < -0.39 is 0 Å². The lowest BCUT2D eigenvalue weighted by Gasteiger charge is -2.36. The molecule has 0 amide bonds. The molecule has 0 N–H and O–H groups in total. The molecule has 0 fully saturated rings. The Morgan fingerprint density at radius 2 is 1.16 bits per heavy atom. The Balaban J connectivity index is 1.39. The van der Waals surface area contributed by atoms with Gasteiger partial charge in [0, 0.05) is 28.9 Å². The number of anilines is 1. The summed E-state index contributed by atoms with van der Waals surface area (Å²) in [6.07, 6.45) is 0. The quantitative estimate of drug-likeness (QED) is 0.116. The summed E-state index contributed by atoms with van der Waals surface area (Å²) in [6, 6.07) is 56.5. The molecule has 0 radical (unpaired) electrons. The van der Waals surface area contributed by atoms with Crippen LogP contribution in [0.1, 0.15) is 16.7 Å². The van der Waals surface area contributed by atoms with Crippen molar-refractivity contribution in [3.05, 3.63) is 174 Å². The number of nitrogens with zero attached hydrogens (tertiary/aromatic N) is 2. The normalized spacial score (nSPS) is 12.9. The van der Waals surface area contributed by atoms with Crippen LogP contribution in [0.5, 0.6) is 0 Å². The van der Waals surface area contributed by atoms with Gasteiger partial charge in [0.2, 0.25) is 0 Å². The van der Waals surface area contributed by atoms with Crippen LogP contribution >= 0.6 is 0 Å². The van der Waals surface area contributed by atoms with Crippen molar-refractivity contribution in [2.24, 2.45) is 4.99 Å². The molecule has 8 rings (SSSR count). The molecule has 0 atom stereocenters. The van der Waals surface area contributed by atoms with Crippen molar-refractivity contribution in [3.8, 4) is 22.3 Å². The van der Waals surface area contributed by atoms with Crippen molar-refractivity contribution in [3.63, 3.8) is 0 Å². The third kappa shape index (κ3) is 4.31. The fraction of sp³-hybridized carbons (Fsp3) is 0.0238. The molecule has 7 aromatic carbocycles. The van der Waals surface area contributed by atoms with Gasteiger partial charge in [-0.15, -0.1) is 0 Å². The monoisotopic (exact) mass is 562 g/mol. The summed E-state index contributed by atoms with van der Waals surface area (Å²) in [6.45, 7) is 4.79. The number of hydrogen-bond donors (Lipinski definition) is 0. The molecule has 208 valence electrons. The topological polar surface area (TPSA) is 15.6 Å². The van der Waals surface area contributed by atoms with Crippen LogP contribution in [0.3, 0.4) is 0 Å². The minimum Gasteiger partial charge on any atom is -0.334 e. The van der Waals surface area contributed by atoms with E-state index in [0.717, 1.165) is 34.8 Å². The average molecular weight is 563 g/mol. The Morgan fingerprint density at radius 3 is 1.93 bits per heavy atom. The Bertz CT molecular complexity index is 2210. The van der Waals surface area contributed by atoms with Crippen LogP contribution in [0, 0.1) is 0 Å². The van der Waals surface area contributed by atoms with Gasteiger partial charge in [-0.05, 0) is 68.7 Å². The van der Waals surface area contributed by atoms with Crippen LogP contribution in [0.2, 0.25) is 0 Å². The van der Waals surface area contributed by atoms with E-state index >= 15 is 0 Å². The highest BCUT2D eigenvalue weighted by atomic mass is 15.2. The van der Waals surface area contributed by atoms with Crippen LogP contribution in [0.15, 0.2) is 163 Å². The largest absolute Gasteiger partial charge is 0.334 e. The molecule has 1 heterocycles. The van der Waals surface area contributed by atoms with Gasteiger partial charge in [-0.3, -0.25) is 4.99 Å². The van der Waals surface area contributed by atoms with Crippen molar-refractivity contribution >= 4 is 45.3 Å². The second-order valence-electron chi connectivity index (χ2n) is 11.3. The van der Waals surface area contributed by atoms with Gasteiger partial charge in [0.15, 0.2) is 0 Å². The highest BCUT2D eigenvalue weighted by Crippen LogP contribution is 2.47. The van der Waals surface area contributed by atoms with E-state index in [4.69, 9.17) is 0 Å². The minimum absolute atomic E-state index is 0.734. The van der Waals surface area contributed by atoms with E-state index in [-0.39, 0.29) is 0 Å². The Kier molecular flexibility index (Phi) is 6.39. The molecule has 0 aliphatic carbocycles. The lowest BCUT2D eigenvalue weighted by molar-refractivity contribution is 0.968. The van der Waals surface area contributed by atoms with E-state index in [9.17, 15) is 0 Å². The molecule has 2 nitrogen and oxygen atoms in total. The van der Waals surface area contributed by atoms with E-state index in [1.807, 2.05) is 6.07 Å². The van der Waals surface area contributed by atoms with E-state index in [1.165, 1.54) is 49.4 Å². The number of aliphatic imine (C=N–C) groups is 1. The molecular formula is C42H30N2. The highest BCUT2D eigenvalue weighted by molar-refractivity contribution is 6.14. The zero-order valence-corrected chi connectivity index (χ0v) is 24.3. The van der Waals surface area contributed by atoms with Crippen LogP contribution in [0.4, 0.5) is 5.69 Å². The summed E-state index contributed by atoms with van der Waals surface area (Å²) < 4.78 is 0. The van der Waals surface area contributed by atoms with Crippen LogP contribution in [0.25, 0.3) is 55.2 Å². The second-order valence-corrected chi connectivity index (χ2v) is 11.3. The second kappa shape index (κ2) is 10.8. The maximum Gasteiger partial charge on any atom is 0.0937 e. The average Bonchev–Trinajstić information content (AvgIpc) is 3.10. The van der Waals surface area contributed by atoms with E-state index in [0.29, 0.717) is 0 Å². The molecule has 0 unspecified atom stereocenters. The molecule has 0 saturated heterocycles. The standard InChI is InChI=1S/C42H30N2/c1-43-41(29-14-4-2-5-15-29)42(30-16-6-3-7-17-30)44-28-33-19-9-11-21-35(33)39-27-32(24-25-40(39)44)38-26-31-18-8-10-20-34(31)36-22-12-13-23-37(36)38/h2-27H,1,28H2/b42-41-. The lowest BCUT2D eigenvalue weighted by Crippen LogP contribution is -2.26. The number of rotatable bonds is 5. The summed E-state index contributed by atoms with van der Waals surface area (Å²) in [5, 5.41) is 5.07. The first-order valence-corrected chi connectivity index (χ1v) is 15.0. The van der Waals surface area contributed by atoms with Gasteiger partial charge in [-0.25, -0.2) is 0 Å². The maximum absolute atomic E-state index is 4.66. The Hall–Kier alpha value is -5.73. The molecular weight excluding hydrogens is 532 g/mol. The zero-order chi connectivity index (χ0) is 29.5. The fourth-order valence-electron chi connectivity index (χ4n) is 6.74. The summed E-state index contributed by atoms with van der Waals surface area (Å²) >= 11 is 0. The predicted octanol–water partition coefficient (Wildman–Crippen LogP) is 10.9. The molecule has 1 aliphatic rings. The number of benzene rings is 7. The van der Waals surface area contributed by atoms with Gasteiger partial charge in [-0.2, -0.15) is 0 Å². The fourth-order valence-corrected chi connectivity index (χ4v) is 6.74. The summed E-state index contributed by atoms with van der Waals surface area (Å²) in [7, 11) is 0. The number of fused-ring (bicyclic) bond motifs is 6. The molecule has 44 heavy (non-hydrogen) atoms. The third-order valence-corrected chi connectivity index (χ3v) is 8.75. The summed E-state index contributed by atoms with van der Waals surface area (Å²) in [5.41, 5.74) is 11.4. The van der Waals surface area contributed by atoms with Crippen molar-refractivity contribution in [1.82, 2.24) is 0 Å². The Morgan fingerprint density at radius 1 is 0.523 bits per heavy atom. The lowest BCUT2D eigenvalue weighted by atomic mass is 9.87. The molecule has 7 aromatic rings. The first-order chi connectivity index (χ1) is 21.8. The van der Waals surface area contributed by atoms with Crippen molar-refractivity contribution in [2.75, 3.05) is 4.90 Å². The van der Waals surface area contributed by atoms with Gasteiger partial charge >= 0.3 is 0 Å². The van der Waals surface area contributed by atoms with Crippen LogP contribution in [-0.2, 0) is 6.54 Å². The predicted molar refractivity (Wildman–Crippen MR) is 188 cm³/mol. The summed E-state index contributed by atoms with van der Waals surface area (Å²) in [4.78, 5) is 7.08. The molecule has 2 heteroatoms. The Labute approximate surface area is 257 Å². The van der Waals surface area contributed by atoms with Crippen LogP contribution < -0.4 is 4.90 Å². The molecule has 0 spiro atoms. The van der Waals surface area contributed by atoms with Gasteiger partial charge < -0.3 is 4.90 Å². The molecule has 0 bridgehead atoms. The first kappa shape index (κ1) is 25.9. The molecule has 0 aromatic heterocycles.